The Hall–Kier alpha value is -1.84. The number of nitrogens with zero attached hydrogens (tertiary/aromatic N) is 2. The van der Waals surface area contributed by atoms with Gasteiger partial charge in [-0.05, 0) is 58.4 Å². The predicted molar refractivity (Wildman–Crippen MR) is 92.2 cm³/mol. The Labute approximate surface area is 136 Å². The summed E-state index contributed by atoms with van der Waals surface area (Å²) in [4.78, 5) is 4.49. The van der Waals surface area contributed by atoms with E-state index < -0.39 is 0 Å². The first-order valence-corrected chi connectivity index (χ1v) is 7.63. The van der Waals surface area contributed by atoms with Crippen LogP contribution in [0.1, 0.15) is 5.69 Å². The Morgan fingerprint density at radius 2 is 1.81 bits per heavy atom. The molecular weight excluding hydrogens is 348 g/mol. The van der Waals surface area contributed by atoms with Crippen molar-refractivity contribution in [2.24, 2.45) is 4.99 Å². The molecule has 0 spiro atoms. The maximum Gasteiger partial charge on any atom is 0.0646 e. The normalized spacial score (nSPS) is 11.1. The third-order valence-corrected chi connectivity index (χ3v) is 4.30. The molecule has 0 N–H and O–H groups in total. The number of halogens is 2. The highest BCUT2D eigenvalue weighted by Gasteiger charge is 2.01. The minimum absolute atomic E-state index is 0.656. The molecule has 4 heteroatoms. The Kier molecular flexibility index (Phi) is 4.23. The molecule has 1 heterocycles. The Morgan fingerprint density at radius 1 is 1.00 bits per heavy atom. The summed E-state index contributed by atoms with van der Waals surface area (Å²) in [5.74, 6) is 0. The average Bonchev–Trinajstić information content (AvgIpc) is 2.98. The fraction of sp³-hybridized carbons (Fsp3) is 0. The van der Waals surface area contributed by atoms with Crippen molar-refractivity contribution in [3.63, 3.8) is 0 Å². The highest BCUT2D eigenvalue weighted by molar-refractivity contribution is 9.10. The van der Waals surface area contributed by atoms with E-state index in [0.717, 1.165) is 21.5 Å². The van der Waals surface area contributed by atoms with Crippen LogP contribution in [0, 0.1) is 0 Å². The van der Waals surface area contributed by atoms with Gasteiger partial charge in [-0.3, -0.25) is 4.99 Å². The molecule has 104 valence electrons. The number of rotatable bonds is 3. The van der Waals surface area contributed by atoms with Gasteiger partial charge in [0.15, 0.2) is 0 Å². The average molecular weight is 360 g/mol. The summed E-state index contributed by atoms with van der Waals surface area (Å²) in [5.41, 5.74) is 2.95. The van der Waals surface area contributed by atoms with Crippen molar-refractivity contribution in [2.45, 2.75) is 0 Å². The molecule has 0 amide bonds. The fourth-order valence-electron chi connectivity index (χ4n) is 2.03. The van der Waals surface area contributed by atoms with Crippen molar-refractivity contribution < 1.29 is 0 Å². The summed E-state index contributed by atoms with van der Waals surface area (Å²) >= 11 is 9.45. The summed E-state index contributed by atoms with van der Waals surface area (Å²) in [7, 11) is 0. The molecule has 0 fully saturated rings. The lowest BCUT2D eigenvalue weighted by atomic mass is 10.3. The van der Waals surface area contributed by atoms with Crippen molar-refractivity contribution in [1.29, 1.82) is 0 Å². The van der Waals surface area contributed by atoms with Crippen molar-refractivity contribution >= 4 is 39.4 Å². The smallest absolute Gasteiger partial charge is 0.0646 e. The number of aliphatic imine (C=N–C) groups is 1. The van der Waals surface area contributed by atoms with Crippen LogP contribution in [0.15, 0.2) is 76.3 Å². The zero-order valence-corrected chi connectivity index (χ0v) is 13.4. The summed E-state index contributed by atoms with van der Waals surface area (Å²) in [5, 5.41) is 0.656. The largest absolute Gasteiger partial charge is 0.316 e. The van der Waals surface area contributed by atoms with E-state index in [1.165, 1.54) is 0 Å². The molecule has 3 aromatic rings. The lowest BCUT2D eigenvalue weighted by Crippen LogP contribution is -1.97. The highest BCUT2D eigenvalue weighted by Crippen LogP contribution is 2.27. The van der Waals surface area contributed by atoms with Gasteiger partial charge < -0.3 is 4.57 Å². The van der Waals surface area contributed by atoms with E-state index in [0.29, 0.717) is 5.02 Å². The van der Waals surface area contributed by atoms with E-state index in [4.69, 9.17) is 11.6 Å². The first-order valence-electron chi connectivity index (χ1n) is 6.46. The number of para-hydroxylation sites is 1. The number of hydrogen-bond donors (Lipinski definition) is 0. The molecule has 0 radical (unpaired) electrons. The number of hydrogen-bond acceptors (Lipinski definition) is 1. The molecule has 2 nitrogen and oxygen atoms in total. The third kappa shape index (κ3) is 3.26. The van der Waals surface area contributed by atoms with Gasteiger partial charge in [0.2, 0.25) is 0 Å². The molecule has 0 unspecified atom stereocenters. The minimum atomic E-state index is 0.656. The zero-order chi connectivity index (χ0) is 14.7. The summed E-state index contributed by atoms with van der Waals surface area (Å²) in [6.45, 7) is 0. The van der Waals surface area contributed by atoms with Crippen molar-refractivity contribution in [3.8, 4) is 5.69 Å². The van der Waals surface area contributed by atoms with Gasteiger partial charge in [0, 0.05) is 16.4 Å². The summed E-state index contributed by atoms with van der Waals surface area (Å²) < 4.78 is 2.96. The first kappa shape index (κ1) is 14.1. The van der Waals surface area contributed by atoms with E-state index in [1.807, 2.05) is 60.9 Å². The minimum Gasteiger partial charge on any atom is -0.316 e. The van der Waals surface area contributed by atoms with Gasteiger partial charge in [-0.25, -0.2) is 0 Å². The van der Waals surface area contributed by atoms with E-state index in [9.17, 15) is 0 Å². The molecule has 0 bridgehead atoms. The van der Waals surface area contributed by atoms with Crippen LogP contribution in [0.2, 0.25) is 5.02 Å². The van der Waals surface area contributed by atoms with Gasteiger partial charge in [0.05, 0.1) is 22.6 Å². The molecule has 21 heavy (non-hydrogen) atoms. The van der Waals surface area contributed by atoms with Gasteiger partial charge in [0.1, 0.15) is 0 Å². The van der Waals surface area contributed by atoms with E-state index >= 15 is 0 Å². The fourth-order valence-corrected chi connectivity index (χ4v) is 2.45. The molecule has 3 rings (SSSR count). The van der Waals surface area contributed by atoms with Crippen LogP contribution in [0.25, 0.3) is 5.69 Å². The van der Waals surface area contributed by atoms with E-state index in [-0.39, 0.29) is 0 Å². The van der Waals surface area contributed by atoms with Crippen LogP contribution in [0.4, 0.5) is 5.69 Å². The van der Waals surface area contributed by atoms with Crippen molar-refractivity contribution in [3.05, 3.63) is 82.0 Å². The van der Waals surface area contributed by atoms with Crippen molar-refractivity contribution in [1.82, 2.24) is 4.57 Å². The van der Waals surface area contributed by atoms with E-state index in [2.05, 4.69) is 37.6 Å². The van der Waals surface area contributed by atoms with E-state index in [1.54, 1.807) is 0 Å². The SMILES string of the molecule is Clc1cc(N=Cc2cccn2-c2ccccc2)ccc1Br. The zero-order valence-electron chi connectivity index (χ0n) is 11.1. The van der Waals surface area contributed by atoms with Crippen LogP contribution in [-0.2, 0) is 0 Å². The quantitative estimate of drug-likeness (QED) is 0.538. The summed E-state index contributed by atoms with van der Waals surface area (Å²) in [6, 6.07) is 19.8. The van der Waals surface area contributed by atoms with Gasteiger partial charge in [-0.15, -0.1) is 0 Å². The molecule has 0 aliphatic carbocycles. The molecular formula is C17H12BrClN2. The van der Waals surface area contributed by atoms with Gasteiger partial charge in [0.25, 0.3) is 0 Å². The summed E-state index contributed by atoms with van der Waals surface area (Å²) in [6.07, 6.45) is 3.86. The van der Waals surface area contributed by atoms with Crippen LogP contribution in [-0.4, -0.2) is 10.8 Å². The number of benzene rings is 2. The lowest BCUT2D eigenvalue weighted by molar-refractivity contribution is 1.07. The maximum atomic E-state index is 6.08. The Bertz CT molecular complexity index is 778. The van der Waals surface area contributed by atoms with Crippen molar-refractivity contribution in [2.75, 3.05) is 0 Å². The Morgan fingerprint density at radius 3 is 2.57 bits per heavy atom. The van der Waals surface area contributed by atoms with Crippen LogP contribution in [0.5, 0.6) is 0 Å². The van der Waals surface area contributed by atoms with Crippen LogP contribution in [0.3, 0.4) is 0 Å². The lowest BCUT2D eigenvalue weighted by Gasteiger charge is -2.05. The second-order valence-corrected chi connectivity index (χ2v) is 5.76. The molecule has 1 aromatic heterocycles. The molecule has 0 saturated heterocycles. The van der Waals surface area contributed by atoms with Gasteiger partial charge in [-0.1, -0.05) is 29.8 Å². The predicted octanol–water partition coefficient (Wildman–Crippen LogP) is 5.64. The molecule has 2 aromatic carbocycles. The van der Waals surface area contributed by atoms with Gasteiger partial charge >= 0.3 is 0 Å². The molecule has 0 aliphatic heterocycles. The van der Waals surface area contributed by atoms with Crippen LogP contribution >= 0.6 is 27.5 Å². The first-order chi connectivity index (χ1) is 10.2. The second kappa shape index (κ2) is 6.29. The monoisotopic (exact) mass is 358 g/mol. The third-order valence-electron chi connectivity index (χ3n) is 3.06. The Balaban J connectivity index is 1.90. The molecule has 0 saturated carbocycles. The van der Waals surface area contributed by atoms with Crippen LogP contribution < -0.4 is 0 Å². The molecule has 0 atom stereocenters. The standard InChI is InChI=1S/C17H12BrClN2/c18-16-9-8-13(11-17(16)19)20-12-15-7-4-10-21(15)14-5-2-1-3-6-14/h1-12H. The maximum absolute atomic E-state index is 6.08. The van der Waals surface area contributed by atoms with Gasteiger partial charge in [-0.2, -0.15) is 0 Å². The second-order valence-electron chi connectivity index (χ2n) is 4.50. The molecule has 0 aliphatic rings. The topological polar surface area (TPSA) is 17.3 Å². The number of aromatic nitrogens is 1. The highest BCUT2D eigenvalue weighted by atomic mass is 79.9.